The molecule has 0 fully saturated rings. The molecule has 0 aliphatic heterocycles. The Morgan fingerprint density at radius 3 is 2.47 bits per heavy atom. The van der Waals surface area contributed by atoms with E-state index in [0.29, 0.717) is 0 Å². The number of nitrogens with zero attached hydrogens (tertiary/aromatic N) is 3. The normalized spacial score (nSPS) is 12.3. The molecule has 0 aromatic carbocycles. The van der Waals surface area contributed by atoms with Crippen molar-refractivity contribution < 1.29 is 0 Å². The molecule has 0 amide bonds. The summed E-state index contributed by atoms with van der Waals surface area (Å²) in [5, 5.41) is 0. The van der Waals surface area contributed by atoms with Gasteiger partial charge in [-0.1, -0.05) is 20.8 Å². The predicted octanol–water partition coefficient (Wildman–Crippen LogP) is 3.10. The Bertz CT molecular complexity index is 469. The Morgan fingerprint density at radius 1 is 1.20 bits per heavy atom. The van der Waals surface area contributed by atoms with Crippen molar-refractivity contribution in [1.82, 2.24) is 14.4 Å². The molecule has 0 saturated heterocycles. The average Bonchev–Trinajstić information content (AvgIpc) is 2.47. The summed E-state index contributed by atoms with van der Waals surface area (Å²) in [6.07, 6.45) is 4.03. The fourth-order valence-corrected chi connectivity index (χ4v) is 1.65. The Balaban J connectivity index is 2.66. The van der Waals surface area contributed by atoms with E-state index in [0.717, 1.165) is 21.6 Å². The smallest absolute Gasteiger partial charge is 0.234 e. The van der Waals surface area contributed by atoms with E-state index >= 15 is 0 Å². The van der Waals surface area contributed by atoms with Crippen molar-refractivity contribution in [2.75, 3.05) is 0 Å². The fourth-order valence-electron chi connectivity index (χ4n) is 1.34. The second-order valence-electron chi connectivity index (χ2n) is 4.76. The van der Waals surface area contributed by atoms with Gasteiger partial charge in [-0.15, -0.1) is 0 Å². The third kappa shape index (κ3) is 1.91. The highest BCUT2D eigenvalue weighted by atomic mass is 79.9. The van der Waals surface area contributed by atoms with Crippen LogP contribution >= 0.6 is 15.9 Å². The van der Waals surface area contributed by atoms with E-state index in [2.05, 4.69) is 46.7 Å². The lowest BCUT2D eigenvalue weighted by Crippen LogP contribution is -2.11. The van der Waals surface area contributed by atoms with Crippen molar-refractivity contribution in [3.63, 3.8) is 0 Å². The van der Waals surface area contributed by atoms with Gasteiger partial charge in [0.1, 0.15) is 0 Å². The summed E-state index contributed by atoms with van der Waals surface area (Å²) in [7, 11) is 0. The molecule has 80 valence electrons. The van der Waals surface area contributed by atoms with Crippen LogP contribution in [-0.2, 0) is 5.41 Å². The zero-order chi connectivity index (χ0) is 11.2. The van der Waals surface area contributed by atoms with Gasteiger partial charge in [-0.05, 0) is 22.9 Å². The van der Waals surface area contributed by atoms with Crippen LogP contribution in [0.15, 0.2) is 16.9 Å². The fraction of sp³-hybridized carbons (Fsp3) is 0.455. The number of imidazole rings is 1. The van der Waals surface area contributed by atoms with Crippen LogP contribution in [-0.4, -0.2) is 14.4 Å². The SMILES string of the molecule is Cc1nc2nc(C(C)(C)C)cn2cc1Br. The van der Waals surface area contributed by atoms with E-state index in [1.807, 2.05) is 23.7 Å². The maximum absolute atomic E-state index is 4.52. The minimum absolute atomic E-state index is 0.0636. The quantitative estimate of drug-likeness (QED) is 0.735. The van der Waals surface area contributed by atoms with E-state index in [-0.39, 0.29) is 5.41 Å². The van der Waals surface area contributed by atoms with Crippen molar-refractivity contribution in [2.45, 2.75) is 33.1 Å². The number of aromatic nitrogens is 3. The third-order valence-corrected chi connectivity index (χ3v) is 3.13. The lowest BCUT2D eigenvalue weighted by Gasteiger charge is -2.13. The molecule has 0 saturated carbocycles. The van der Waals surface area contributed by atoms with E-state index in [1.54, 1.807) is 0 Å². The van der Waals surface area contributed by atoms with Gasteiger partial charge in [-0.2, -0.15) is 0 Å². The summed E-state index contributed by atoms with van der Waals surface area (Å²) in [5.41, 5.74) is 2.09. The minimum Gasteiger partial charge on any atom is -0.290 e. The van der Waals surface area contributed by atoms with E-state index in [4.69, 9.17) is 0 Å². The van der Waals surface area contributed by atoms with Crippen LogP contribution in [0.5, 0.6) is 0 Å². The molecule has 0 aliphatic carbocycles. The van der Waals surface area contributed by atoms with Gasteiger partial charge in [0.15, 0.2) is 0 Å². The van der Waals surface area contributed by atoms with Gasteiger partial charge in [0.25, 0.3) is 0 Å². The first kappa shape index (κ1) is 10.6. The van der Waals surface area contributed by atoms with Gasteiger partial charge in [0.05, 0.1) is 15.9 Å². The molecule has 3 nitrogen and oxygen atoms in total. The number of hydrogen-bond donors (Lipinski definition) is 0. The van der Waals surface area contributed by atoms with E-state index < -0.39 is 0 Å². The monoisotopic (exact) mass is 267 g/mol. The lowest BCUT2D eigenvalue weighted by molar-refractivity contribution is 0.573. The zero-order valence-corrected chi connectivity index (χ0v) is 11.0. The highest BCUT2D eigenvalue weighted by Crippen LogP contribution is 2.22. The minimum atomic E-state index is 0.0636. The highest BCUT2D eigenvalue weighted by Gasteiger charge is 2.18. The second kappa shape index (κ2) is 3.30. The Kier molecular flexibility index (Phi) is 2.34. The van der Waals surface area contributed by atoms with Crippen molar-refractivity contribution >= 4 is 21.7 Å². The molecule has 0 atom stereocenters. The van der Waals surface area contributed by atoms with Crippen molar-refractivity contribution in [3.8, 4) is 0 Å². The summed E-state index contributed by atoms with van der Waals surface area (Å²) in [5.74, 6) is 0.764. The summed E-state index contributed by atoms with van der Waals surface area (Å²) in [6, 6.07) is 0. The largest absolute Gasteiger partial charge is 0.290 e. The van der Waals surface area contributed by atoms with Gasteiger partial charge >= 0.3 is 0 Å². The summed E-state index contributed by atoms with van der Waals surface area (Å²) >= 11 is 3.46. The van der Waals surface area contributed by atoms with Crippen LogP contribution in [0, 0.1) is 6.92 Å². The number of halogens is 1. The van der Waals surface area contributed by atoms with E-state index in [9.17, 15) is 0 Å². The summed E-state index contributed by atoms with van der Waals surface area (Å²) in [4.78, 5) is 8.93. The van der Waals surface area contributed by atoms with Crippen LogP contribution < -0.4 is 0 Å². The van der Waals surface area contributed by atoms with Gasteiger partial charge in [0.2, 0.25) is 5.78 Å². The first-order chi connectivity index (χ1) is 6.88. The molecule has 0 bridgehead atoms. The summed E-state index contributed by atoms with van der Waals surface area (Å²) in [6.45, 7) is 8.42. The van der Waals surface area contributed by atoms with Gasteiger partial charge in [-0.3, -0.25) is 4.40 Å². The molecule has 0 radical (unpaired) electrons. The Morgan fingerprint density at radius 2 is 1.87 bits per heavy atom. The Hall–Kier alpha value is -0.900. The van der Waals surface area contributed by atoms with Crippen LogP contribution in [0.25, 0.3) is 5.78 Å². The molecule has 2 heterocycles. The predicted molar refractivity (Wildman–Crippen MR) is 64.1 cm³/mol. The van der Waals surface area contributed by atoms with Gasteiger partial charge in [0, 0.05) is 17.8 Å². The average molecular weight is 268 g/mol. The number of aryl methyl sites for hydroxylation is 1. The molecule has 2 rings (SSSR count). The number of rotatable bonds is 0. The third-order valence-electron chi connectivity index (χ3n) is 2.35. The molecule has 15 heavy (non-hydrogen) atoms. The Labute approximate surface area is 97.7 Å². The molecule has 0 unspecified atom stereocenters. The second-order valence-corrected chi connectivity index (χ2v) is 5.61. The topological polar surface area (TPSA) is 30.2 Å². The van der Waals surface area contributed by atoms with Crippen LogP contribution in [0.4, 0.5) is 0 Å². The highest BCUT2D eigenvalue weighted by molar-refractivity contribution is 9.10. The molecule has 0 aliphatic rings. The molecule has 2 aromatic heterocycles. The van der Waals surface area contributed by atoms with Crippen LogP contribution in [0.1, 0.15) is 32.2 Å². The molecule has 2 aromatic rings. The first-order valence-corrected chi connectivity index (χ1v) is 5.69. The summed E-state index contributed by atoms with van der Waals surface area (Å²) < 4.78 is 2.96. The molecule has 0 spiro atoms. The maximum atomic E-state index is 4.52. The molecule has 4 heteroatoms. The number of hydrogen-bond acceptors (Lipinski definition) is 2. The van der Waals surface area contributed by atoms with Crippen molar-refractivity contribution in [3.05, 3.63) is 28.3 Å². The maximum Gasteiger partial charge on any atom is 0.234 e. The molecule has 0 N–H and O–H groups in total. The zero-order valence-electron chi connectivity index (χ0n) is 9.37. The van der Waals surface area contributed by atoms with Crippen LogP contribution in [0.3, 0.4) is 0 Å². The molecular formula is C11H14BrN3. The van der Waals surface area contributed by atoms with Crippen LogP contribution in [0.2, 0.25) is 0 Å². The standard InChI is InChI=1S/C11H14BrN3/c1-7-8(12)5-15-6-9(11(2,3)4)14-10(15)13-7/h5-6H,1-4H3. The number of fused-ring (bicyclic) bond motifs is 1. The lowest BCUT2D eigenvalue weighted by atomic mass is 9.93. The van der Waals surface area contributed by atoms with Gasteiger partial charge in [-0.25, -0.2) is 9.97 Å². The van der Waals surface area contributed by atoms with Crippen molar-refractivity contribution in [2.24, 2.45) is 0 Å². The molecular weight excluding hydrogens is 254 g/mol. The van der Waals surface area contributed by atoms with Crippen molar-refractivity contribution in [1.29, 1.82) is 0 Å². The van der Waals surface area contributed by atoms with Gasteiger partial charge < -0.3 is 0 Å². The van der Waals surface area contributed by atoms with E-state index in [1.165, 1.54) is 0 Å². The first-order valence-electron chi connectivity index (χ1n) is 4.90.